The quantitative estimate of drug-likeness (QED) is 0.742. The molecule has 0 N–H and O–H groups in total. The van der Waals surface area contributed by atoms with Crippen molar-refractivity contribution in [2.24, 2.45) is 0 Å². The summed E-state index contributed by atoms with van der Waals surface area (Å²) in [5, 5.41) is 7.62. The van der Waals surface area contributed by atoms with Crippen molar-refractivity contribution in [1.82, 2.24) is 15.1 Å². The standard InChI is InChI=1S/C17H14FN3O2/c1-21(11-12-5-3-2-4-6-12)17(22)16-20-19-15(23-16)13-7-9-14(18)10-8-13/h2-10H,11H2,1H3. The first kappa shape index (κ1) is 14.9. The van der Waals surface area contributed by atoms with Gasteiger partial charge < -0.3 is 9.32 Å². The Bertz CT molecular complexity index is 800. The van der Waals surface area contributed by atoms with Crippen LogP contribution >= 0.6 is 0 Å². The Hall–Kier alpha value is -3.02. The molecule has 116 valence electrons. The van der Waals surface area contributed by atoms with Crippen LogP contribution in [0.25, 0.3) is 11.5 Å². The maximum Gasteiger partial charge on any atom is 0.311 e. The second kappa shape index (κ2) is 6.39. The second-order valence-electron chi connectivity index (χ2n) is 5.07. The van der Waals surface area contributed by atoms with Crippen LogP contribution in [0, 0.1) is 5.82 Å². The Balaban J connectivity index is 1.74. The van der Waals surface area contributed by atoms with Gasteiger partial charge in [-0.05, 0) is 29.8 Å². The van der Waals surface area contributed by atoms with Crippen LogP contribution in [0.15, 0.2) is 59.0 Å². The van der Waals surface area contributed by atoms with Crippen LogP contribution in [0.3, 0.4) is 0 Å². The summed E-state index contributed by atoms with van der Waals surface area (Å²) < 4.78 is 18.3. The van der Waals surface area contributed by atoms with Gasteiger partial charge in [0.05, 0.1) is 0 Å². The molecule has 0 spiro atoms. The predicted octanol–water partition coefficient (Wildman–Crippen LogP) is 3.15. The first-order valence-corrected chi connectivity index (χ1v) is 7.02. The molecule has 0 unspecified atom stereocenters. The highest BCUT2D eigenvalue weighted by molar-refractivity contribution is 5.89. The monoisotopic (exact) mass is 311 g/mol. The zero-order valence-electron chi connectivity index (χ0n) is 12.4. The van der Waals surface area contributed by atoms with Crippen LogP contribution in [0.5, 0.6) is 0 Å². The molecule has 3 aromatic rings. The summed E-state index contributed by atoms with van der Waals surface area (Å²) in [5.41, 5.74) is 1.56. The largest absolute Gasteiger partial charge is 0.412 e. The molecule has 0 fully saturated rings. The minimum Gasteiger partial charge on any atom is -0.412 e. The number of hydrogen-bond donors (Lipinski definition) is 0. The molecule has 0 saturated heterocycles. The third-order valence-electron chi connectivity index (χ3n) is 3.31. The van der Waals surface area contributed by atoms with Gasteiger partial charge in [-0.2, -0.15) is 0 Å². The molecule has 0 atom stereocenters. The normalized spacial score (nSPS) is 10.5. The number of carbonyl (C=O) groups is 1. The number of carbonyl (C=O) groups excluding carboxylic acids is 1. The third kappa shape index (κ3) is 3.42. The molecule has 0 aliphatic heterocycles. The number of hydrogen-bond acceptors (Lipinski definition) is 4. The van der Waals surface area contributed by atoms with E-state index in [1.54, 1.807) is 7.05 Å². The van der Waals surface area contributed by atoms with Gasteiger partial charge in [0, 0.05) is 19.2 Å². The fourth-order valence-corrected chi connectivity index (χ4v) is 2.11. The summed E-state index contributed by atoms with van der Waals surface area (Å²) in [4.78, 5) is 13.8. The van der Waals surface area contributed by atoms with Gasteiger partial charge >= 0.3 is 11.8 Å². The SMILES string of the molecule is CN(Cc1ccccc1)C(=O)c1nnc(-c2ccc(F)cc2)o1. The Kier molecular flexibility index (Phi) is 4.14. The van der Waals surface area contributed by atoms with E-state index in [4.69, 9.17) is 4.42 Å². The Morgan fingerprint density at radius 2 is 1.78 bits per heavy atom. The molecule has 1 amide bonds. The topological polar surface area (TPSA) is 59.2 Å². The molecule has 5 nitrogen and oxygen atoms in total. The molecular weight excluding hydrogens is 297 g/mol. The van der Waals surface area contributed by atoms with E-state index in [-0.39, 0.29) is 23.5 Å². The molecule has 1 heterocycles. The molecule has 2 aromatic carbocycles. The Labute approximate surface area is 132 Å². The van der Waals surface area contributed by atoms with Crippen LogP contribution in [0.1, 0.15) is 16.2 Å². The summed E-state index contributed by atoms with van der Waals surface area (Å²) >= 11 is 0. The minimum absolute atomic E-state index is 0.0947. The zero-order valence-corrected chi connectivity index (χ0v) is 12.4. The highest BCUT2D eigenvalue weighted by Crippen LogP contribution is 2.18. The Morgan fingerprint density at radius 1 is 1.09 bits per heavy atom. The van der Waals surface area contributed by atoms with Crippen molar-refractivity contribution in [2.45, 2.75) is 6.54 Å². The average Bonchev–Trinajstić information content (AvgIpc) is 3.05. The molecule has 0 aliphatic rings. The second-order valence-corrected chi connectivity index (χ2v) is 5.07. The third-order valence-corrected chi connectivity index (χ3v) is 3.31. The van der Waals surface area contributed by atoms with Gasteiger partial charge in [-0.15, -0.1) is 10.2 Å². The van der Waals surface area contributed by atoms with Gasteiger partial charge in [-0.3, -0.25) is 4.79 Å². The highest BCUT2D eigenvalue weighted by atomic mass is 19.1. The van der Waals surface area contributed by atoms with Crippen molar-refractivity contribution in [3.8, 4) is 11.5 Å². The van der Waals surface area contributed by atoms with Gasteiger partial charge in [0.2, 0.25) is 5.89 Å². The van der Waals surface area contributed by atoms with Crippen LogP contribution in [-0.4, -0.2) is 28.1 Å². The van der Waals surface area contributed by atoms with Gasteiger partial charge in [-0.25, -0.2) is 4.39 Å². The number of aromatic nitrogens is 2. The average molecular weight is 311 g/mol. The number of halogens is 1. The number of rotatable bonds is 4. The molecular formula is C17H14FN3O2. The van der Waals surface area contributed by atoms with Crippen molar-refractivity contribution in [3.05, 3.63) is 71.9 Å². The van der Waals surface area contributed by atoms with Crippen LogP contribution in [0.4, 0.5) is 4.39 Å². The van der Waals surface area contributed by atoms with Gasteiger partial charge in [0.1, 0.15) is 5.82 Å². The van der Waals surface area contributed by atoms with Crippen molar-refractivity contribution in [1.29, 1.82) is 0 Å². The number of nitrogens with zero attached hydrogens (tertiary/aromatic N) is 3. The fraction of sp³-hybridized carbons (Fsp3) is 0.118. The number of benzene rings is 2. The minimum atomic E-state index is -0.366. The summed E-state index contributed by atoms with van der Waals surface area (Å²) in [7, 11) is 1.66. The first-order valence-electron chi connectivity index (χ1n) is 7.02. The van der Waals surface area contributed by atoms with E-state index in [2.05, 4.69) is 10.2 Å². The lowest BCUT2D eigenvalue weighted by Gasteiger charge is -2.14. The van der Waals surface area contributed by atoms with E-state index >= 15 is 0 Å². The van der Waals surface area contributed by atoms with E-state index in [1.165, 1.54) is 29.2 Å². The smallest absolute Gasteiger partial charge is 0.311 e. The predicted molar refractivity (Wildman–Crippen MR) is 81.9 cm³/mol. The summed E-state index contributed by atoms with van der Waals surface area (Å²) in [6.07, 6.45) is 0. The molecule has 0 aliphatic carbocycles. The summed E-state index contributed by atoms with van der Waals surface area (Å²) in [6.45, 7) is 0.438. The fourth-order valence-electron chi connectivity index (χ4n) is 2.11. The molecule has 0 saturated carbocycles. The van der Waals surface area contributed by atoms with E-state index in [0.29, 0.717) is 12.1 Å². The van der Waals surface area contributed by atoms with Crippen molar-refractivity contribution >= 4 is 5.91 Å². The van der Waals surface area contributed by atoms with Crippen molar-refractivity contribution in [3.63, 3.8) is 0 Å². The maximum atomic E-state index is 12.9. The van der Waals surface area contributed by atoms with Gasteiger partial charge in [0.15, 0.2) is 0 Å². The number of amides is 1. The van der Waals surface area contributed by atoms with E-state index in [0.717, 1.165) is 5.56 Å². The summed E-state index contributed by atoms with van der Waals surface area (Å²) in [5.74, 6) is -0.633. The van der Waals surface area contributed by atoms with Crippen LogP contribution in [0.2, 0.25) is 0 Å². The van der Waals surface area contributed by atoms with E-state index in [9.17, 15) is 9.18 Å². The lowest BCUT2D eigenvalue weighted by molar-refractivity contribution is 0.0746. The lowest BCUT2D eigenvalue weighted by atomic mass is 10.2. The van der Waals surface area contributed by atoms with Crippen molar-refractivity contribution in [2.75, 3.05) is 7.05 Å². The van der Waals surface area contributed by atoms with Gasteiger partial charge in [0.25, 0.3) is 0 Å². The molecule has 0 bridgehead atoms. The summed E-state index contributed by atoms with van der Waals surface area (Å²) in [6, 6.07) is 15.2. The van der Waals surface area contributed by atoms with Gasteiger partial charge in [-0.1, -0.05) is 30.3 Å². The van der Waals surface area contributed by atoms with Crippen LogP contribution < -0.4 is 0 Å². The van der Waals surface area contributed by atoms with E-state index < -0.39 is 0 Å². The molecule has 1 aromatic heterocycles. The molecule has 6 heteroatoms. The highest BCUT2D eigenvalue weighted by Gasteiger charge is 2.20. The Morgan fingerprint density at radius 3 is 2.48 bits per heavy atom. The zero-order chi connectivity index (χ0) is 16.2. The molecule has 0 radical (unpaired) electrons. The molecule has 3 rings (SSSR count). The first-order chi connectivity index (χ1) is 11.1. The molecule has 23 heavy (non-hydrogen) atoms. The lowest BCUT2D eigenvalue weighted by Crippen LogP contribution is -2.26. The van der Waals surface area contributed by atoms with E-state index in [1.807, 2.05) is 30.3 Å². The van der Waals surface area contributed by atoms with Crippen molar-refractivity contribution < 1.29 is 13.6 Å². The maximum absolute atomic E-state index is 12.9. The van der Waals surface area contributed by atoms with Crippen LogP contribution in [-0.2, 0) is 6.54 Å².